The van der Waals surface area contributed by atoms with Crippen LogP contribution in [-0.4, -0.2) is 14.2 Å². The van der Waals surface area contributed by atoms with Crippen LogP contribution in [0.15, 0.2) is 40.9 Å². The fourth-order valence-electron chi connectivity index (χ4n) is 2.03. The van der Waals surface area contributed by atoms with E-state index in [4.69, 9.17) is 21.1 Å². The van der Waals surface area contributed by atoms with E-state index in [0.717, 1.165) is 15.6 Å². The molecule has 0 spiro atoms. The van der Waals surface area contributed by atoms with Crippen molar-refractivity contribution in [1.29, 1.82) is 5.26 Å². The van der Waals surface area contributed by atoms with Gasteiger partial charge in [-0.3, -0.25) is 0 Å². The van der Waals surface area contributed by atoms with Crippen molar-refractivity contribution in [3.63, 3.8) is 0 Å². The number of benzene rings is 2. The molecule has 0 saturated carbocycles. The molecule has 2 rings (SSSR count). The molecule has 0 atom stereocenters. The van der Waals surface area contributed by atoms with Gasteiger partial charge in [-0.25, -0.2) is 0 Å². The van der Waals surface area contributed by atoms with E-state index in [1.54, 1.807) is 44.6 Å². The third-order valence-electron chi connectivity index (χ3n) is 3.05. The molecule has 2 aromatic carbocycles. The summed E-state index contributed by atoms with van der Waals surface area (Å²) in [5.41, 5.74) is 2.04. The first-order valence-electron chi connectivity index (χ1n) is 6.38. The highest BCUT2D eigenvalue weighted by Crippen LogP contribution is 2.36. The van der Waals surface area contributed by atoms with Gasteiger partial charge in [0.2, 0.25) is 0 Å². The number of hydrogen-bond donors (Lipinski definition) is 0. The summed E-state index contributed by atoms with van der Waals surface area (Å²) in [4.78, 5) is 0. The molecule has 22 heavy (non-hydrogen) atoms. The van der Waals surface area contributed by atoms with Gasteiger partial charge in [0.1, 0.15) is 0 Å². The van der Waals surface area contributed by atoms with Gasteiger partial charge in [0.25, 0.3) is 0 Å². The highest BCUT2D eigenvalue weighted by Gasteiger charge is 2.11. The summed E-state index contributed by atoms with van der Waals surface area (Å²) < 4.78 is 11.5. The lowest BCUT2D eigenvalue weighted by atomic mass is 10.0. The fourth-order valence-corrected chi connectivity index (χ4v) is 2.61. The van der Waals surface area contributed by atoms with Crippen LogP contribution in [0.2, 0.25) is 5.02 Å². The predicted molar refractivity (Wildman–Crippen MR) is 92.2 cm³/mol. The molecular weight excluding hydrogens is 366 g/mol. The van der Waals surface area contributed by atoms with Crippen molar-refractivity contribution in [1.82, 2.24) is 0 Å². The molecule has 0 aliphatic heterocycles. The molecule has 0 amide bonds. The molecule has 3 nitrogen and oxygen atoms in total. The Morgan fingerprint density at radius 2 is 1.86 bits per heavy atom. The second kappa shape index (κ2) is 7.35. The van der Waals surface area contributed by atoms with E-state index in [1.807, 2.05) is 12.1 Å². The zero-order chi connectivity index (χ0) is 16.1. The Morgan fingerprint density at radius 3 is 2.41 bits per heavy atom. The maximum Gasteiger partial charge on any atom is 0.168 e. The van der Waals surface area contributed by atoms with Gasteiger partial charge < -0.3 is 9.47 Å². The largest absolute Gasteiger partial charge is 0.493 e. The smallest absolute Gasteiger partial charge is 0.168 e. The van der Waals surface area contributed by atoms with Gasteiger partial charge in [-0.15, -0.1) is 0 Å². The van der Waals surface area contributed by atoms with E-state index in [0.29, 0.717) is 22.1 Å². The third kappa shape index (κ3) is 3.62. The lowest BCUT2D eigenvalue weighted by molar-refractivity contribution is 0.354. The number of hydrogen-bond acceptors (Lipinski definition) is 3. The van der Waals surface area contributed by atoms with Gasteiger partial charge in [0, 0.05) is 15.1 Å². The molecule has 0 unspecified atom stereocenters. The van der Waals surface area contributed by atoms with Crippen molar-refractivity contribution in [2.24, 2.45) is 0 Å². The fraction of sp³-hybridized carbons (Fsp3) is 0.118. The molecule has 0 bridgehead atoms. The molecule has 0 heterocycles. The molecule has 0 aromatic heterocycles. The minimum absolute atomic E-state index is 0.509. The lowest BCUT2D eigenvalue weighted by Gasteiger charge is -2.11. The molecule has 0 radical (unpaired) electrons. The summed E-state index contributed by atoms with van der Waals surface area (Å²) in [5.74, 6) is 1.17. The number of halogens is 2. The first kappa shape index (κ1) is 16.4. The van der Waals surface area contributed by atoms with Crippen LogP contribution in [0.1, 0.15) is 11.1 Å². The van der Waals surface area contributed by atoms with Gasteiger partial charge in [-0.2, -0.15) is 5.26 Å². The van der Waals surface area contributed by atoms with Crippen molar-refractivity contribution in [3.8, 4) is 17.6 Å². The molecule has 0 fully saturated rings. The molecule has 0 N–H and O–H groups in total. The zero-order valence-electron chi connectivity index (χ0n) is 12.1. The Morgan fingerprint density at radius 1 is 1.18 bits per heavy atom. The van der Waals surface area contributed by atoms with Crippen molar-refractivity contribution in [2.75, 3.05) is 14.2 Å². The Bertz CT molecular complexity index is 748. The van der Waals surface area contributed by atoms with E-state index < -0.39 is 0 Å². The minimum Gasteiger partial charge on any atom is -0.493 e. The Kier molecular flexibility index (Phi) is 5.48. The van der Waals surface area contributed by atoms with Crippen LogP contribution in [0.5, 0.6) is 11.5 Å². The topological polar surface area (TPSA) is 42.2 Å². The van der Waals surface area contributed by atoms with E-state index in [-0.39, 0.29) is 0 Å². The highest BCUT2D eigenvalue weighted by molar-refractivity contribution is 9.10. The zero-order valence-corrected chi connectivity index (χ0v) is 14.4. The maximum absolute atomic E-state index is 9.43. The normalized spacial score (nSPS) is 11.0. The van der Waals surface area contributed by atoms with Gasteiger partial charge in [-0.05, 0) is 35.9 Å². The number of ether oxygens (including phenoxy) is 2. The number of nitriles is 1. The number of rotatable bonds is 4. The Balaban J connectivity index is 2.57. The van der Waals surface area contributed by atoms with Crippen LogP contribution in [-0.2, 0) is 0 Å². The number of allylic oxidation sites excluding steroid dienone is 1. The summed E-state index contributed by atoms with van der Waals surface area (Å²) in [5, 5.41) is 10.1. The van der Waals surface area contributed by atoms with E-state index in [9.17, 15) is 5.26 Å². The number of methoxy groups -OCH3 is 2. The van der Waals surface area contributed by atoms with Crippen molar-refractivity contribution >= 4 is 39.2 Å². The predicted octanol–water partition coefficient (Wildman–Crippen LogP) is 5.18. The Labute approximate surface area is 142 Å². The first-order valence-corrected chi connectivity index (χ1v) is 7.55. The molecular formula is C17H13BrClNO2. The van der Waals surface area contributed by atoms with Crippen molar-refractivity contribution in [2.45, 2.75) is 0 Å². The first-order chi connectivity index (χ1) is 10.6. The minimum atomic E-state index is 0.509. The van der Waals surface area contributed by atoms with E-state index >= 15 is 0 Å². The van der Waals surface area contributed by atoms with Gasteiger partial charge in [0.15, 0.2) is 11.5 Å². The van der Waals surface area contributed by atoms with E-state index in [1.165, 1.54) is 0 Å². The van der Waals surface area contributed by atoms with Crippen LogP contribution >= 0.6 is 27.5 Å². The van der Waals surface area contributed by atoms with Crippen molar-refractivity contribution in [3.05, 3.63) is 57.0 Å². The summed E-state index contributed by atoms with van der Waals surface area (Å²) in [6, 6.07) is 13.0. The van der Waals surface area contributed by atoms with Crippen LogP contribution in [0, 0.1) is 11.3 Å². The molecule has 0 saturated heterocycles. The number of nitrogens with zero attached hydrogens (tertiary/aromatic N) is 1. The average Bonchev–Trinajstić information content (AvgIpc) is 2.52. The van der Waals surface area contributed by atoms with Gasteiger partial charge >= 0.3 is 0 Å². The quantitative estimate of drug-likeness (QED) is 0.543. The van der Waals surface area contributed by atoms with Crippen LogP contribution < -0.4 is 9.47 Å². The summed E-state index contributed by atoms with van der Waals surface area (Å²) in [6.07, 6.45) is 1.76. The average molecular weight is 379 g/mol. The van der Waals surface area contributed by atoms with E-state index in [2.05, 4.69) is 22.0 Å². The second-order valence-electron chi connectivity index (χ2n) is 4.41. The molecule has 2 aromatic rings. The standard InChI is InChI=1S/C17H13BrClNO2/c1-21-16-9-14(18)8-12(17(16)22-2)7-13(10-20)11-3-5-15(19)6-4-11/h3-9H,1-2H3/b13-7-. The SMILES string of the molecule is COc1cc(Br)cc(/C=C(/C#N)c2ccc(Cl)cc2)c1OC. The van der Waals surface area contributed by atoms with Crippen LogP contribution in [0.4, 0.5) is 0 Å². The van der Waals surface area contributed by atoms with Crippen molar-refractivity contribution < 1.29 is 9.47 Å². The van der Waals surface area contributed by atoms with Gasteiger partial charge in [-0.1, -0.05) is 39.7 Å². The second-order valence-corrected chi connectivity index (χ2v) is 5.76. The van der Waals surface area contributed by atoms with Gasteiger partial charge in [0.05, 0.1) is 25.9 Å². The molecule has 0 aliphatic carbocycles. The van der Waals surface area contributed by atoms with Crippen LogP contribution in [0.3, 0.4) is 0 Å². The maximum atomic E-state index is 9.43. The third-order valence-corrected chi connectivity index (χ3v) is 3.76. The summed E-state index contributed by atoms with van der Waals surface area (Å²) in [7, 11) is 3.14. The monoisotopic (exact) mass is 377 g/mol. The Hall–Kier alpha value is -1.96. The molecule has 0 aliphatic rings. The van der Waals surface area contributed by atoms with Crippen LogP contribution in [0.25, 0.3) is 11.6 Å². The summed E-state index contributed by atoms with van der Waals surface area (Å²) in [6.45, 7) is 0. The summed E-state index contributed by atoms with van der Waals surface area (Å²) >= 11 is 9.31. The highest BCUT2D eigenvalue weighted by atomic mass is 79.9. The molecule has 5 heteroatoms. The lowest BCUT2D eigenvalue weighted by Crippen LogP contribution is -1.94. The molecule has 112 valence electrons.